The minimum atomic E-state index is -0.743. The third-order valence-electron chi connectivity index (χ3n) is 3.17. The van der Waals surface area contributed by atoms with Crippen LogP contribution in [0.4, 0.5) is 0 Å². The summed E-state index contributed by atoms with van der Waals surface area (Å²) >= 11 is 3.42. The Bertz CT molecular complexity index is 405. The van der Waals surface area contributed by atoms with Gasteiger partial charge in [-0.25, -0.2) is 4.79 Å². The molecule has 1 unspecified atom stereocenters. The Morgan fingerprint density at radius 1 is 1.26 bits per heavy atom. The van der Waals surface area contributed by atoms with E-state index in [2.05, 4.69) is 28.2 Å². The molecule has 1 N–H and O–H groups in total. The molecule has 0 amide bonds. The molecular formula is C15H22BrNO2. The van der Waals surface area contributed by atoms with Crippen molar-refractivity contribution in [3.63, 3.8) is 0 Å². The Morgan fingerprint density at radius 2 is 1.89 bits per heavy atom. The number of benzene rings is 1. The number of ether oxygens (including phenoxy) is 1. The molecule has 1 atom stereocenters. The zero-order chi connectivity index (χ0) is 14.3. The highest BCUT2D eigenvalue weighted by molar-refractivity contribution is 9.10. The number of esters is 1. The standard InChI is InChI=1S/C15H22BrNO2/c1-4-11-17-15(5-2,14(18)19-6-3)12-7-9-13(16)10-8-12/h7-10,17H,4-6,11H2,1-3H3. The number of hydrogen-bond acceptors (Lipinski definition) is 3. The van der Waals surface area contributed by atoms with Crippen molar-refractivity contribution < 1.29 is 9.53 Å². The molecule has 0 spiro atoms. The van der Waals surface area contributed by atoms with Crippen LogP contribution in [0, 0.1) is 0 Å². The molecule has 0 saturated carbocycles. The number of nitrogens with one attached hydrogen (secondary N) is 1. The summed E-state index contributed by atoms with van der Waals surface area (Å²) in [4.78, 5) is 12.4. The van der Waals surface area contributed by atoms with Crippen molar-refractivity contribution in [2.24, 2.45) is 0 Å². The Labute approximate surface area is 123 Å². The smallest absolute Gasteiger partial charge is 0.330 e. The van der Waals surface area contributed by atoms with E-state index in [1.807, 2.05) is 38.1 Å². The Kier molecular flexibility index (Phi) is 6.52. The summed E-state index contributed by atoms with van der Waals surface area (Å²) in [5, 5.41) is 3.36. The lowest BCUT2D eigenvalue weighted by molar-refractivity contribution is -0.152. The highest BCUT2D eigenvalue weighted by Crippen LogP contribution is 2.28. The van der Waals surface area contributed by atoms with Gasteiger partial charge in [-0.15, -0.1) is 0 Å². The molecule has 4 heteroatoms. The summed E-state index contributed by atoms with van der Waals surface area (Å²) in [5.74, 6) is -0.201. The van der Waals surface area contributed by atoms with Crippen molar-refractivity contribution in [2.75, 3.05) is 13.2 Å². The molecule has 1 aromatic rings. The van der Waals surface area contributed by atoms with E-state index in [0.717, 1.165) is 23.0 Å². The highest BCUT2D eigenvalue weighted by Gasteiger charge is 2.39. The second kappa shape index (κ2) is 7.65. The Morgan fingerprint density at radius 3 is 2.37 bits per heavy atom. The van der Waals surface area contributed by atoms with Gasteiger partial charge in [-0.1, -0.05) is 41.9 Å². The second-order valence-corrected chi connectivity index (χ2v) is 5.33. The van der Waals surface area contributed by atoms with Crippen LogP contribution in [0.15, 0.2) is 28.7 Å². The fraction of sp³-hybridized carbons (Fsp3) is 0.533. The van der Waals surface area contributed by atoms with E-state index in [0.29, 0.717) is 13.0 Å². The normalized spacial score (nSPS) is 13.9. The van der Waals surface area contributed by atoms with Gasteiger partial charge >= 0.3 is 5.97 Å². The molecule has 0 aromatic heterocycles. The van der Waals surface area contributed by atoms with Crippen LogP contribution in [-0.4, -0.2) is 19.1 Å². The van der Waals surface area contributed by atoms with Crippen LogP contribution in [0.3, 0.4) is 0 Å². The molecule has 0 aliphatic heterocycles. The lowest BCUT2D eigenvalue weighted by atomic mass is 9.87. The van der Waals surface area contributed by atoms with E-state index in [-0.39, 0.29) is 5.97 Å². The van der Waals surface area contributed by atoms with Crippen molar-refractivity contribution in [3.05, 3.63) is 34.3 Å². The van der Waals surface area contributed by atoms with E-state index in [9.17, 15) is 4.79 Å². The molecule has 3 nitrogen and oxygen atoms in total. The first kappa shape index (κ1) is 16.2. The van der Waals surface area contributed by atoms with Gasteiger partial charge in [0, 0.05) is 4.47 Å². The van der Waals surface area contributed by atoms with Crippen molar-refractivity contribution in [2.45, 2.75) is 39.2 Å². The number of halogens is 1. The van der Waals surface area contributed by atoms with Crippen LogP contribution in [0.5, 0.6) is 0 Å². The summed E-state index contributed by atoms with van der Waals surface area (Å²) in [6.45, 7) is 7.09. The van der Waals surface area contributed by atoms with E-state index in [1.54, 1.807) is 0 Å². The number of hydrogen-bond donors (Lipinski definition) is 1. The van der Waals surface area contributed by atoms with E-state index in [1.165, 1.54) is 0 Å². The quantitative estimate of drug-likeness (QED) is 0.777. The fourth-order valence-corrected chi connectivity index (χ4v) is 2.36. The van der Waals surface area contributed by atoms with E-state index in [4.69, 9.17) is 4.74 Å². The summed E-state index contributed by atoms with van der Waals surface area (Å²) in [7, 11) is 0. The molecule has 0 aliphatic carbocycles. The molecule has 0 heterocycles. The van der Waals surface area contributed by atoms with Gasteiger partial charge in [0.1, 0.15) is 5.54 Å². The van der Waals surface area contributed by atoms with Crippen LogP contribution in [-0.2, 0) is 15.1 Å². The first-order valence-electron chi connectivity index (χ1n) is 6.79. The molecule has 0 fully saturated rings. The molecule has 0 aliphatic rings. The molecule has 0 bridgehead atoms. The molecule has 19 heavy (non-hydrogen) atoms. The average Bonchev–Trinajstić information content (AvgIpc) is 2.42. The molecule has 0 saturated heterocycles. The van der Waals surface area contributed by atoms with E-state index >= 15 is 0 Å². The maximum Gasteiger partial charge on any atom is 0.330 e. The third kappa shape index (κ3) is 3.80. The highest BCUT2D eigenvalue weighted by atomic mass is 79.9. The maximum absolute atomic E-state index is 12.4. The fourth-order valence-electron chi connectivity index (χ4n) is 2.09. The van der Waals surface area contributed by atoms with Crippen LogP contribution >= 0.6 is 15.9 Å². The van der Waals surface area contributed by atoms with Gasteiger partial charge < -0.3 is 4.74 Å². The Hall–Kier alpha value is -0.870. The minimum Gasteiger partial charge on any atom is -0.464 e. The van der Waals surface area contributed by atoms with Crippen molar-refractivity contribution in [3.8, 4) is 0 Å². The van der Waals surface area contributed by atoms with Crippen molar-refractivity contribution in [1.29, 1.82) is 0 Å². The SMILES string of the molecule is CCCNC(CC)(C(=O)OCC)c1ccc(Br)cc1. The number of carbonyl (C=O) groups excluding carboxylic acids is 1. The Balaban J connectivity index is 3.14. The van der Waals surface area contributed by atoms with Crippen LogP contribution in [0.25, 0.3) is 0 Å². The average molecular weight is 328 g/mol. The third-order valence-corrected chi connectivity index (χ3v) is 3.70. The lowest BCUT2D eigenvalue weighted by Gasteiger charge is -2.32. The first-order valence-corrected chi connectivity index (χ1v) is 7.58. The van der Waals surface area contributed by atoms with Gasteiger partial charge in [-0.2, -0.15) is 0 Å². The van der Waals surface area contributed by atoms with Gasteiger partial charge in [-0.3, -0.25) is 5.32 Å². The second-order valence-electron chi connectivity index (χ2n) is 4.41. The van der Waals surface area contributed by atoms with Gasteiger partial charge in [0.15, 0.2) is 0 Å². The number of rotatable bonds is 7. The van der Waals surface area contributed by atoms with Crippen molar-refractivity contribution in [1.82, 2.24) is 5.32 Å². The molecule has 1 aromatic carbocycles. The zero-order valence-corrected chi connectivity index (χ0v) is 13.4. The monoisotopic (exact) mass is 327 g/mol. The van der Waals surface area contributed by atoms with Crippen molar-refractivity contribution >= 4 is 21.9 Å². The van der Waals surface area contributed by atoms with Gasteiger partial charge in [-0.05, 0) is 44.0 Å². The summed E-state index contributed by atoms with van der Waals surface area (Å²) in [6.07, 6.45) is 1.63. The summed E-state index contributed by atoms with van der Waals surface area (Å²) in [5.41, 5.74) is 0.206. The summed E-state index contributed by atoms with van der Waals surface area (Å²) in [6, 6.07) is 7.83. The number of carbonyl (C=O) groups is 1. The van der Waals surface area contributed by atoms with Gasteiger partial charge in [0.2, 0.25) is 0 Å². The van der Waals surface area contributed by atoms with Crippen LogP contribution in [0.1, 0.15) is 39.2 Å². The molecule has 1 rings (SSSR count). The predicted octanol–water partition coefficient (Wildman–Crippen LogP) is 3.62. The molecular weight excluding hydrogens is 306 g/mol. The lowest BCUT2D eigenvalue weighted by Crippen LogP contribution is -2.50. The molecule has 0 radical (unpaired) electrons. The largest absolute Gasteiger partial charge is 0.464 e. The maximum atomic E-state index is 12.4. The van der Waals surface area contributed by atoms with E-state index < -0.39 is 5.54 Å². The van der Waals surface area contributed by atoms with Gasteiger partial charge in [0.05, 0.1) is 6.61 Å². The minimum absolute atomic E-state index is 0.201. The predicted molar refractivity (Wildman–Crippen MR) is 81.0 cm³/mol. The summed E-state index contributed by atoms with van der Waals surface area (Å²) < 4.78 is 6.27. The van der Waals surface area contributed by atoms with Crippen LogP contribution in [0.2, 0.25) is 0 Å². The topological polar surface area (TPSA) is 38.3 Å². The van der Waals surface area contributed by atoms with Crippen LogP contribution < -0.4 is 5.32 Å². The molecule has 106 valence electrons. The van der Waals surface area contributed by atoms with Gasteiger partial charge in [0.25, 0.3) is 0 Å². The zero-order valence-electron chi connectivity index (χ0n) is 11.8. The first-order chi connectivity index (χ1) is 9.10.